The van der Waals surface area contributed by atoms with Crippen LogP contribution in [-0.4, -0.2) is 16.8 Å². The van der Waals surface area contributed by atoms with Gasteiger partial charge in [-0.25, -0.2) is 0 Å². The first-order chi connectivity index (χ1) is 14.2. The number of ether oxygens (including phenoxy) is 1. The number of hydrogen-bond acceptors (Lipinski definition) is 4. The molecule has 2 aromatic carbocycles. The highest BCUT2D eigenvalue weighted by atomic mass is 32.2. The van der Waals surface area contributed by atoms with E-state index in [0.717, 1.165) is 23.7 Å². The Morgan fingerprint density at radius 1 is 1.03 bits per heavy atom. The van der Waals surface area contributed by atoms with E-state index in [4.69, 9.17) is 17.0 Å². The second-order valence-corrected chi connectivity index (χ2v) is 9.32. The second-order valence-electron chi connectivity index (χ2n) is 7.60. The van der Waals surface area contributed by atoms with Crippen molar-refractivity contribution in [3.05, 3.63) is 70.1 Å². The molecule has 0 bridgehead atoms. The fourth-order valence-electron chi connectivity index (χ4n) is 3.91. The number of carbonyl (C=O) groups excluding carboxylic acids is 1. The maximum absolute atomic E-state index is 11.7. The van der Waals surface area contributed by atoms with Crippen LogP contribution in [0.1, 0.15) is 54.7 Å². The summed E-state index contributed by atoms with van der Waals surface area (Å²) in [6, 6.07) is 16.9. The van der Waals surface area contributed by atoms with Crippen molar-refractivity contribution in [3.63, 3.8) is 0 Å². The Hall–Kier alpha value is -2.11. The SMILES string of the molecule is O=C1NC(=S)SC1=Cc1ccc(OCCc2ccc(C3CCCCC3)cc2)cc1. The van der Waals surface area contributed by atoms with Gasteiger partial charge in [-0.2, -0.15) is 0 Å². The van der Waals surface area contributed by atoms with E-state index in [9.17, 15) is 4.79 Å². The third kappa shape index (κ3) is 5.49. The van der Waals surface area contributed by atoms with E-state index < -0.39 is 0 Å². The molecule has 0 unspecified atom stereocenters. The van der Waals surface area contributed by atoms with Gasteiger partial charge in [0.1, 0.15) is 10.1 Å². The normalized spacial score (nSPS) is 18.8. The number of amides is 1. The van der Waals surface area contributed by atoms with E-state index in [-0.39, 0.29) is 5.91 Å². The minimum absolute atomic E-state index is 0.130. The fourth-order valence-corrected chi connectivity index (χ4v) is 4.96. The summed E-state index contributed by atoms with van der Waals surface area (Å²) >= 11 is 6.30. The predicted octanol–water partition coefficient (Wildman–Crippen LogP) is 5.84. The lowest BCUT2D eigenvalue weighted by molar-refractivity contribution is -0.115. The van der Waals surface area contributed by atoms with Gasteiger partial charge in [-0.05, 0) is 53.7 Å². The second kappa shape index (κ2) is 9.59. The first-order valence-electron chi connectivity index (χ1n) is 10.2. The third-order valence-electron chi connectivity index (χ3n) is 5.54. The van der Waals surface area contributed by atoms with Gasteiger partial charge in [-0.1, -0.05) is 79.6 Å². The minimum Gasteiger partial charge on any atom is -0.493 e. The first kappa shape index (κ1) is 20.2. The van der Waals surface area contributed by atoms with Gasteiger partial charge < -0.3 is 10.1 Å². The summed E-state index contributed by atoms with van der Waals surface area (Å²) in [6.45, 7) is 0.649. The van der Waals surface area contributed by atoms with E-state index in [1.165, 1.54) is 55.0 Å². The van der Waals surface area contributed by atoms with Gasteiger partial charge in [-0.3, -0.25) is 4.79 Å². The van der Waals surface area contributed by atoms with Crippen LogP contribution in [0.2, 0.25) is 0 Å². The Balaban J connectivity index is 1.27. The molecule has 0 aromatic heterocycles. The average molecular weight is 424 g/mol. The monoisotopic (exact) mass is 423 g/mol. The molecule has 150 valence electrons. The molecule has 4 rings (SSSR count). The molecule has 0 radical (unpaired) electrons. The Morgan fingerprint density at radius 3 is 2.41 bits per heavy atom. The van der Waals surface area contributed by atoms with E-state index >= 15 is 0 Å². The van der Waals surface area contributed by atoms with Crippen molar-refractivity contribution >= 4 is 40.3 Å². The Bertz CT molecular complexity index is 897. The lowest BCUT2D eigenvalue weighted by Crippen LogP contribution is -2.17. The number of thioether (sulfide) groups is 1. The highest BCUT2D eigenvalue weighted by Crippen LogP contribution is 2.32. The van der Waals surface area contributed by atoms with Crippen LogP contribution in [0.3, 0.4) is 0 Å². The number of hydrogen-bond donors (Lipinski definition) is 1. The van der Waals surface area contributed by atoms with Crippen LogP contribution in [0.15, 0.2) is 53.4 Å². The maximum atomic E-state index is 11.7. The summed E-state index contributed by atoms with van der Waals surface area (Å²) in [5, 5.41) is 2.63. The smallest absolute Gasteiger partial charge is 0.263 e. The molecule has 1 saturated carbocycles. The van der Waals surface area contributed by atoms with Crippen molar-refractivity contribution in [1.29, 1.82) is 0 Å². The summed E-state index contributed by atoms with van der Waals surface area (Å²) < 4.78 is 6.40. The summed E-state index contributed by atoms with van der Waals surface area (Å²) in [5.74, 6) is 1.46. The van der Waals surface area contributed by atoms with Crippen molar-refractivity contribution in [1.82, 2.24) is 5.32 Å². The van der Waals surface area contributed by atoms with Gasteiger partial charge >= 0.3 is 0 Å². The largest absolute Gasteiger partial charge is 0.493 e. The van der Waals surface area contributed by atoms with Crippen molar-refractivity contribution in [2.24, 2.45) is 0 Å². The van der Waals surface area contributed by atoms with Crippen molar-refractivity contribution in [3.8, 4) is 5.75 Å². The van der Waals surface area contributed by atoms with E-state index in [0.29, 0.717) is 15.8 Å². The predicted molar refractivity (Wildman–Crippen MR) is 124 cm³/mol. The number of rotatable bonds is 6. The fraction of sp³-hybridized carbons (Fsp3) is 0.333. The minimum atomic E-state index is -0.130. The van der Waals surface area contributed by atoms with Crippen LogP contribution in [0.5, 0.6) is 5.75 Å². The van der Waals surface area contributed by atoms with Gasteiger partial charge in [0.25, 0.3) is 5.91 Å². The van der Waals surface area contributed by atoms with Crippen LogP contribution < -0.4 is 10.1 Å². The standard InChI is InChI=1S/C24H25NO2S2/c26-23-22(29-24(28)25-23)16-18-8-12-21(13-9-18)27-15-14-17-6-10-20(11-7-17)19-4-2-1-3-5-19/h6-13,16,19H,1-5,14-15H2,(H,25,26,28). The lowest BCUT2D eigenvalue weighted by Gasteiger charge is -2.22. The first-order valence-corrected chi connectivity index (χ1v) is 11.5. The van der Waals surface area contributed by atoms with Gasteiger partial charge in [-0.15, -0.1) is 0 Å². The van der Waals surface area contributed by atoms with Crippen LogP contribution in [0.4, 0.5) is 0 Å². The topological polar surface area (TPSA) is 38.3 Å². The van der Waals surface area contributed by atoms with E-state index in [2.05, 4.69) is 29.6 Å². The highest BCUT2D eigenvalue weighted by molar-refractivity contribution is 8.26. The van der Waals surface area contributed by atoms with Gasteiger partial charge in [0, 0.05) is 6.42 Å². The van der Waals surface area contributed by atoms with Crippen LogP contribution in [0, 0.1) is 0 Å². The van der Waals surface area contributed by atoms with Crippen molar-refractivity contribution in [2.45, 2.75) is 44.4 Å². The summed E-state index contributed by atoms with van der Waals surface area (Å²) in [7, 11) is 0. The molecule has 3 nitrogen and oxygen atoms in total. The highest BCUT2D eigenvalue weighted by Gasteiger charge is 2.21. The maximum Gasteiger partial charge on any atom is 0.263 e. The van der Waals surface area contributed by atoms with E-state index in [1.807, 2.05) is 30.3 Å². The summed E-state index contributed by atoms with van der Waals surface area (Å²) in [6.07, 6.45) is 9.55. The van der Waals surface area contributed by atoms with Crippen molar-refractivity contribution in [2.75, 3.05) is 6.61 Å². The Kier molecular flexibility index (Phi) is 6.67. The number of thiocarbonyl (C=S) groups is 1. The zero-order valence-electron chi connectivity index (χ0n) is 16.4. The van der Waals surface area contributed by atoms with Gasteiger partial charge in [0.2, 0.25) is 0 Å². The lowest BCUT2D eigenvalue weighted by atomic mass is 9.84. The number of nitrogens with one attached hydrogen (secondary N) is 1. The molecule has 29 heavy (non-hydrogen) atoms. The molecule has 1 aliphatic carbocycles. The number of benzene rings is 2. The summed E-state index contributed by atoms with van der Waals surface area (Å²) in [5.41, 5.74) is 3.76. The van der Waals surface area contributed by atoms with Crippen LogP contribution >= 0.6 is 24.0 Å². The van der Waals surface area contributed by atoms with Crippen LogP contribution in [0.25, 0.3) is 6.08 Å². The molecular formula is C24H25NO2S2. The zero-order chi connectivity index (χ0) is 20.1. The number of carbonyl (C=O) groups is 1. The molecule has 1 heterocycles. The molecule has 0 spiro atoms. The van der Waals surface area contributed by atoms with E-state index in [1.54, 1.807) is 0 Å². The average Bonchev–Trinajstić information content (AvgIpc) is 3.07. The Labute approximate surface area is 181 Å². The van der Waals surface area contributed by atoms with Gasteiger partial charge in [0.05, 0.1) is 11.5 Å². The molecule has 0 atom stereocenters. The van der Waals surface area contributed by atoms with Crippen LogP contribution in [-0.2, 0) is 11.2 Å². The molecule has 5 heteroatoms. The summed E-state index contributed by atoms with van der Waals surface area (Å²) in [4.78, 5) is 12.4. The third-order valence-corrected chi connectivity index (χ3v) is 6.70. The zero-order valence-corrected chi connectivity index (χ0v) is 18.0. The van der Waals surface area contributed by atoms with Crippen molar-refractivity contribution < 1.29 is 9.53 Å². The quantitative estimate of drug-likeness (QED) is 0.468. The molecule has 1 amide bonds. The molecule has 1 saturated heterocycles. The Morgan fingerprint density at radius 2 is 1.76 bits per heavy atom. The molecule has 2 aliphatic rings. The molecule has 2 fully saturated rings. The molecular weight excluding hydrogens is 398 g/mol. The van der Waals surface area contributed by atoms with Gasteiger partial charge in [0.15, 0.2) is 0 Å². The molecule has 1 aliphatic heterocycles. The molecule has 2 aromatic rings. The molecule has 1 N–H and O–H groups in total.